The third-order valence-corrected chi connectivity index (χ3v) is 6.74. The first kappa shape index (κ1) is 32.2. The molecule has 0 radical (unpaired) electrons. The monoisotopic (exact) mass is 487 g/mol. The van der Waals surface area contributed by atoms with Crippen LogP contribution in [0.5, 0.6) is 0 Å². The Morgan fingerprint density at radius 3 is 1.85 bits per heavy atom. The second kappa shape index (κ2) is 20.6. The zero-order valence-electron chi connectivity index (χ0n) is 22.1. The number of nitrogens with one attached hydrogen (secondary N) is 1. The number of nitrogens with zero attached hydrogens (tertiary/aromatic N) is 2. The van der Waals surface area contributed by atoms with Crippen LogP contribution in [0.25, 0.3) is 0 Å². The summed E-state index contributed by atoms with van der Waals surface area (Å²) in [6.45, 7) is 5.68. The Balaban J connectivity index is 0.0000102. The second-order valence-electron chi connectivity index (χ2n) is 10.6. The predicted molar refractivity (Wildman–Crippen MR) is 135 cm³/mol. The van der Waals surface area contributed by atoms with Gasteiger partial charge in [-0.2, -0.15) is 0 Å². The van der Waals surface area contributed by atoms with Crippen LogP contribution in [0.4, 0.5) is 0 Å². The third-order valence-electron chi connectivity index (χ3n) is 6.74. The highest BCUT2D eigenvalue weighted by molar-refractivity contribution is 5.77. The number of amides is 2. The van der Waals surface area contributed by atoms with Crippen molar-refractivity contribution < 1.29 is 26.5 Å². The lowest BCUT2D eigenvalue weighted by Crippen LogP contribution is -3.00. The number of carbonyl (C=O) groups excluding carboxylic acids is 2. The molecule has 1 rings (SSSR count). The van der Waals surface area contributed by atoms with E-state index in [1.165, 1.54) is 83.5 Å². The number of rotatable bonds is 21. The van der Waals surface area contributed by atoms with Crippen molar-refractivity contribution in [1.82, 2.24) is 10.2 Å². The van der Waals surface area contributed by atoms with Gasteiger partial charge in [-0.05, 0) is 12.8 Å². The summed E-state index contributed by atoms with van der Waals surface area (Å²) in [5, 5.41) is 3.07. The smallest absolute Gasteiger partial charge is 0.226 e. The molecule has 0 bridgehead atoms. The van der Waals surface area contributed by atoms with Crippen LogP contribution in [0.3, 0.4) is 0 Å². The summed E-state index contributed by atoms with van der Waals surface area (Å²) in [6.07, 6.45) is 22.1. The van der Waals surface area contributed by atoms with Crippen molar-refractivity contribution in [2.75, 3.05) is 40.4 Å². The minimum atomic E-state index is 0. The van der Waals surface area contributed by atoms with Crippen LogP contribution >= 0.6 is 0 Å². The topological polar surface area (TPSA) is 49.4 Å². The third kappa shape index (κ3) is 18.2. The zero-order valence-corrected chi connectivity index (χ0v) is 22.9. The van der Waals surface area contributed by atoms with Crippen molar-refractivity contribution in [2.45, 2.75) is 122 Å². The molecule has 6 heteroatoms. The van der Waals surface area contributed by atoms with E-state index in [0.29, 0.717) is 12.8 Å². The Morgan fingerprint density at radius 2 is 1.36 bits per heavy atom. The molecule has 0 aromatic heterocycles. The molecule has 0 aromatic rings. The largest absolute Gasteiger partial charge is 1.00 e. The minimum absolute atomic E-state index is 0. The molecule has 0 saturated carbocycles. The van der Waals surface area contributed by atoms with Crippen LogP contribution in [-0.2, 0) is 9.59 Å². The lowest BCUT2D eigenvalue weighted by molar-refractivity contribution is -0.898. The number of carbonyl (C=O) groups is 2. The Morgan fingerprint density at radius 1 is 0.848 bits per heavy atom. The lowest BCUT2D eigenvalue weighted by Gasteiger charge is -2.33. The van der Waals surface area contributed by atoms with E-state index in [2.05, 4.69) is 26.3 Å². The average Bonchev–Trinajstić information content (AvgIpc) is 3.15. The number of hydrogen-bond acceptors (Lipinski definition) is 2. The van der Waals surface area contributed by atoms with E-state index in [-0.39, 0.29) is 24.2 Å². The Labute approximate surface area is 211 Å². The molecule has 0 aromatic carbocycles. The number of halogens is 1. The van der Waals surface area contributed by atoms with E-state index in [4.69, 9.17) is 0 Å². The number of hydrogen-bond donors (Lipinski definition) is 1. The van der Waals surface area contributed by atoms with Gasteiger partial charge in [-0.15, -0.1) is 0 Å². The van der Waals surface area contributed by atoms with Crippen LogP contribution in [0.2, 0.25) is 0 Å². The molecule has 1 saturated heterocycles. The molecule has 33 heavy (non-hydrogen) atoms. The summed E-state index contributed by atoms with van der Waals surface area (Å²) in [5.41, 5.74) is 0. The van der Waals surface area contributed by atoms with Gasteiger partial charge in [0.15, 0.2) is 6.67 Å². The first-order chi connectivity index (χ1) is 15.4. The SMILES string of the molecule is CCCCCCCCCCCCCCCCC(=O)NCCC[N+](C)(C)CN1CCCC1=O.[Cl-]. The molecule has 0 aliphatic carbocycles. The molecule has 1 aliphatic heterocycles. The molecule has 1 aliphatic rings. The summed E-state index contributed by atoms with van der Waals surface area (Å²) in [7, 11) is 4.34. The van der Waals surface area contributed by atoms with E-state index < -0.39 is 0 Å². The van der Waals surface area contributed by atoms with Gasteiger partial charge in [0.1, 0.15) is 0 Å². The first-order valence-electron chi connectivity index (χ1n) is 13.8. The second-order valence-corrected chi connectivity index (χ2v) is 10.6. The molecule has 0 atom stereocenters. The molecule has 0 spiro atoms. The highest BCUT2D eigenvalue weighted by Crippen LogP contribution is 2.14. The van der Waals surface area contributed by atoms with E-state index in [1.807, 2.05) is 4.90 Å². The molecule has 2 amide bonds. The highest BCUT2D eigenvalue weighted by Gasteiger charge is 2.27. The minimum Gasteiger partial charge on any atom is -1.00 e. The molecule has 1 N–H and O–H groups in total. The fraction of sp³-hybridized carbons (Fsp3) is 0.926. The summed E-state index contributed by atoms with van der Waals surface area (Å²) in [6, 6.07) is 0. The predicted octanol–water partition coefficient (Wildman–Crippen LogP) is 3.02. The maximum absolute atomic E-state index is 12.0. The van der Waals surface area contributed by atoms with Crippen LogP contribution in [0.1, 0.15) is 122 Å². The lowest BCUT2D eigenvalue weighted by atomic mass is 10.0. The molecular weight excluding hydrogens is 434 g/mol. The quantitative estimate of drug-likeness (QED) is 0.200. The van der Waals surface area contributed by atoms with Gasteiger partial charge in [-0.1, -0.05) is 90.4 Å². The fourth-order valence-corrected chi connectivity index (χ4v) is 4.69. The highest BCUT2D eigenvalue weighted by atomic mass is 35.5. The van der Waals surface area contributed by atoms with Gasteiger partial charge < -0.3 is 22.2 Å². The van der Waals surface area contributed by atoms with Gasteiger partial charge in [0.05, 0.1) is 20.6 Å². The number of unbranched alkanes of at least 4 members (excludes halogenated alkanes) is 13. The molecule has 1 heterocycles. The van der Waals surface area contributed by atoms with E-state index in [9.17, 15) is 9.59 Å². The molecule has 0 unspecified atom stereocenters. The Bertz CT molecular complexity index is 500. The summed E-state index contributed by atoms with van der Waals surface area (Å²) in [5.74, 6) is 0.488. The molecule has 1 fully saturated rings. The normalized spacial score (nSPS) is 13.9. The van der Waals surface area contributed by atoms with Crippen molar-refractivity contribution in [2.24, 2.45) is 0 Å². The van der Waals surface area contributed by atoms with Crippen molar-refractivity contribution in [3.63, 3.8) is 0 Å². The van der Waals surface area contributed by atoms with E-state index in [1.54, 1.807) is 0 Å². The summed E-state index contributed by atoms with van der Waals surface area (Å²) < 4.78 is 0.806. The van der Waals surface area contributed by atoms with Crippen LogP contribution in [0, 0.1) is 0 Å². The van der Waals surface area contributed by atoms with Gasteiger partial charge in [-0.3, -0.25) is 14.5 Å². The van der Waals surface area contributed by atoms with Gasteiger partial charge in [0.2, 0.25) is 11.8 Å². The fourth-order valence-electron chi connectivity index (χ4n) is 4.69. The van der Waals surface area contributed by atoms with Gasteiger partial charge in [0, 0.05) is 32.4 Å². The maximum atomic E-state index is 12.0. The number of quaternary nitrogens is 1. The van der Waals surface area contributed by atoms with Crippen molar-refractivity contribution in [3.8, 4) is 0 Å². The molecular formula is C27H54ClN3O2. The molecule has 196 valence electrons. The number of likely N-dealkylation sites (tertiary alicyclic amines) is 1. The van der Waals surface area contributed by atoms with Gasteiger partial charge in [-0.25, -0.2) is 0 Å². The summed E-state index contributed by atoms with van der Waals surface area (Å²) in [4.78, 5) is 25.8. The van der Waals surface area contributed by atoms with Crippen LogP contribution < -0.4 is 17.7 Å². The first-order valence-corrected chi connectivity index (χ1v) is 13.8. The Hall–Kier alpha value is -0.810. The van der Waals surface area contributed by atoms with Gasteiger partial charge >= 0.3 is 0 Å². The standard InChI is InChI=1S/C27H53N3O2.ClH/c1-4-5-6-7-8-9-10-11-12-13-14-15-16-17-20-26(31)28-22-19-24-30(2,3)25-29-23-18-21-27(29)32;/h4-25H2,1-3H3;1H. The summed E-state index contributed by atoms with van der Waals surface area (Å²) >= 11 is 0. The van der Waals surface area contributed by atoms with Crippen LogP contribution in [-0.4, -0.2) is 61.6 Å². The van der Waals surface area contributed by atoms with Crippen molar-refractivity contribution in [3.05, 3.63) is 0 Å². The van der Waals surface area contributed by atoms with E-state index >= 15 is 0 Å². The Kier molecular flexibility index (Phi) is 20.0. The zero-order chi connectivity index (χ0) is 23.5. The van der Waals surface area contributed by atoms with Crippen molar-refractivity contribution >= 4 is 11.8 Å². The van der Waals surface area contributed by atoms with Crippen molar-refractivity contribution in [1.29, 1.82) is 0 Å². The van der Waals surface area contributed by atoms with Gasteiger partial charge in [0.25, 0.3) is 0 Å². The average molecular weight is 488 g/mol. The van der Waals surface area contributed by atoms with Crippen LogP contribution in [0.15, 0.2) is 0 Å². The maximum Gasteiger partial charge on any atom is 0.226 e. The molecule has 5 nitrogen and oxygen atoms in total. The van der Waals surface area contributed by atoms with E-state index in [0.717, 1.165) is 50.0 Å².